The van der Waals surface area contributed by atoms with Crippen molar-refractivity contribution in [3.63, 3.8) is 0 Å². The van der Waals surface area contributed by atoms with E-state index in [1.807, 2.05) is 56.3 Å². The summed E-state index contributed by atoms with van der Waals surface area (Å²) in [5.41, 5.74) is 9.20. The maximum absolute atomic E-state index is 5.57. The molecule has 3 heterocycles. The standard InChI is InChI=1S/C23H21N7O/c1-15-7-9-18(10-8-15)17(3)28-31-13-21-26-23-20-12-25-30(19-6-4-5-16(2)11-19)22(20)24-14-29(23)27-21/h4-12,14,28H,3,13H2,1-2H3. The van der Waals surface area contributed by atoms with Crippen LogP contribution in [0, 0.1) is 13.8 Å². The Bertz CT molecular complexity index is 1400. The van der Waals surface area contributed by atoms with Gasteiger partial charge >= 0.3 is 0 Å². The van der Waals surface area contributed by atoms with Gasteiger partial charge in [-0.25, -0.2) is 19.2 Å². The fourth-order valence-corrected chi connectivity index (χ4v) is 3.38. The first kappa shape index (κ1) is 19.0. The molecule has 154 valence electrons. The van der Waals surface area contributed by atoms with Gasteiger partial charge in [-0.15, -0.1) is 5.10 Å². The van der Waals surface area contributed by atoms with E-state index in [2.05, 4.69) is 38.3 Å². The second kappa shape index (κ2) is 7.66. The van der Waals surface area contributed by atoms with Gasteiger partial charge < -0.3 is 0 Å². The Labute approximate surface area is 178 Å². The molecule has 0 aliphatic carbocycles. The van der Waals surface area contributed by atoms with Crippen molar-refractivity contribution >= 4 is 22.4 Å². The molecule has 8 nitrogen and oxygen atoms in total. The number of nitrogens with one attached hydrogen (secondary N) is 1. The third-order valence-corrected chi connectivity index (χ3v) is 4.99. The van der Waals surface area contributed by atoms with E-state index in [9.17, 15) is 0 Å². The Morgan fingerprint density at radius 1 is 1.06 bits per heavy atom. The molecule has 5 aromatic rings. The highest BCUT2D eigenvalue weighted by molar-refractivity contribution is 5.89. The van der Waals surface area contributed by atoms with Gasteiger partial charge in [-0.2, -0.15) is 5.10 Å². The number of aromatic nitrogens is 6. The van der Waals surface area contributed by atoms with Gasteiger partial charge in [0.1, 0.15) is 12.9 Å². The summed E-state index contributed by atoms with van der Waals surface area (Å²) in [6.45, 7) is 8.28. The van der Waals surface area contributed by atoms with Crippen LogP contribution in [-0.2, 0) is 11.4 Å². The number of rotatable bonds is 6. The highest BCUT2D eigenvalue weighted by Gasteiger charge is 2.14. The number of hydrogen-bond acceptors (Lipinski definition) is 6. The van der Waals surface area contributed by atoms with Crippen molar-refractivity contribution in [2.45, 2.75) is 20.5 Å². The van der Waals surface area contributed by atoms with Crippen molar-refractivity contribution in [1.82, 2.24) is 34.8 Å². The summed E-state index contributed by atoms with van der Waals surface area (Å²) < 4.78 is 3.44. The fraction of sp³-hybridized carbons (Fsp3) is 0.130. The van der Waals surface area contributed by atoms with Gasteiger partial charge in [0.05, 0.1) is 23.0 Å². The molecular weight excluding hydrogens is 390 g/mol. The minimum absolute atomic E-state index is 0.181. The Morgan fingerprint density at radius 3 is 2.71 bits per heavy atom. The second-order valence-electron chi connectivity index (χ2n) is 7.41. The Balaban J connectivity index is 1.36. The van der Waals surface area contributed by atoms with Crippen LogP contribution in [-0.4, -0.2) is 29.4 Å². The van der Waals surface area contributed by atoms with Crippen LogP contribution in [0.3, 0.4) is 0 Å². The Morgan fingerprint density at radius 2 is 1.90 bits per heavy atom. The third kappa shape index (κ3) is 3.64. The van der Waals surface area contributed by atoms with E-state index < -0.39 is 0 Å². The smallest absolute Gasteiger partial charge is 0.180 e. The summed E-state index contributed by atoms with van der Waals surface area (Å²) in [7, 11) is 0. The molecule has 0 radical (unpaired) electrons. The van der Waals surface area contributed by atoms with Gasteiger partial charge in [-0.3, -0.25) is 10.3 Å². The van der Waals surface area contributed by atoms with Crippen LogP contribution in [0.5, 0.6) is 0 Å². The first-order chi connectivity index (χ1) is 15.1. The lowest BCUT2D eigenvalue weighted by Crippen LogP contribution is -2.12. The lowest BCUT2D eigenvalue weighted by atomic mass is 10.1. The molecule has 0 aliphatic heterocycles. The largest absolute Gasteiger partial charge is 0.268 e. The van der Waals surface area contributed by atoms with Gasteiger partial charge in [-0.05, 0) is 37.1 Å². The molecule has 0 amide bonds. The van der Waals surface area contributed by atoms with E-state index in [-0.39, 0.29) is 6.61 Å². The van der Waals surface area contributed by atoms with Crippen LogP contribution < -0.4 is 5.48 Å². The lowest BCUT2D eigenvalue weighted by molar-refractivity contribution is 0.0603. The summed E-state index contributed by atoms with van der Waals surface area (Å²) in [5.74, 6) is 0.529. The number of aryl methyl sites for hydroxylation is 2. The predicted octanol–water partition coefficient (Wildman–Crippen LogP) is 3.77. The molecule has 0 fully saturated rings. The van der Waals surface area contributed by atoms with Gasteiger partial charge in [0, 0.05) is 0 Å². The lowest BCUT2D eigenvalue weighted by Gasteiger charge is -2.08. The Hall–Kier alpha value is -4.04. The van der Waals surface area contributed by atoms with Crippen LogP contribution >= 0.6 is 0 Å². The zero-order chi connectivity index (χ0) is 21.4. The average Bonchev–Trinajstić information content (AvgIpc) is 3.37. The molecule has 0 aliphatic rings. The van der Waals surface area contributed by atoms with Gasteiger partial charge in [0.25, 0.3) is 0 Å². The van der Waals surface area contributed by atoms with E-state index >= 15 is 0 Å². The van der Waals surface area contributed by atoms with Gasteiger partial charge in [-0.1, -0.05) is 48.5 Å². The molecular formula is C23H21N7O. The second-order valence-corrected chi connectivity index (χ2v) is 7.41. The van der Waals surface area contributed by atoms with Crippen molar-refractivity contribution < 1.29 is 4.84 Å². The highest BCUT2D eigenvalue weighted by atomic mass is 16.6. The molecule has 1 N–H and O–H groups in total. The molecule has 0 spiro atoms. The molecule has 2 aromatic carbocycles. The number of benzene rings is 2. The maximum atomic E-state index is 5.57. The van der Waals surface area contributed by atoms with E-state index in [1.165, 1.54) is 5.56 Å². The molecule has 3 aromatic heterocycles. The van der Waals surface area contributed by atoms with Crippen LogP contribution in [0.2, 0.25) is 0 Å². The summed E-state index contributed by atoms with van der Waals surface area (Å²) in [5, 5.41) is 9.78. The SMILES string of the molecule is C=C(NOCc1nc2c3cnn(-c4cccc(C)c4)c3ncn2n1)c1ccc(C)cc1. The van der Waals surface area contributed by atoms with Crippen molar-refractivity contribution in [1.29, 1.82) is 0 Å². The molecule has 0 bridgehead atoms. The summed E-state index contributed by atoms with van der Waals surface area (Å²) in [6.07, 6.45) is 3.40. The average molecular weight is 411 g/mol. The van der Waals surface area contributed by atoms with Crippen LogP contribution in [0.15, 0.2) is 67.6 Å². The number of nitrogens with zero attached hydrogens (tertiary/aromatic N) is 6. The van der Waals surface area contributed by atoms with Gasteiger partial charge in [0.15, 0.2) is 17.1 Å². The first-order valence-electron chi connectivity index (χ1n) is 9.87. The van der Waals surface area contributed by atoms with E-state index in [0.29, 0.717) is 17.2 Å². The molecule has 0 saturated heterocycles. The molecule has 5 rings (SSSR count). The summed E-state index contributed by atoms with van der Waals surface area (Å²) in [6, 6.07) is 16.2. The monoisotopic (exact) mass is 411 g/mol. The quantitative estimate of drug-likeness (QED) is 0.428. The van der Waals surface area contributed by atoms with Gasteiger partial charge in [0.2, 0.25) is 0 Å². The molecule has 0 atom stereocenters. The topological polar surface area (TPSA) is 82.2 Å². The van der Waals surface area contributed by atoms with Crippen LogP contribution in [0.4, 0.5) is 0 Å². The number of hydroxylamine groups is 1. The summed E-state index contributed by atoms with van der Waals surface area (Å²) >= 11 is 0. The number of hydrogen-bond donors (Lipinski definition) is 1. The third-order valence-electron chi connectivity index (χ3n) is 4.99. The summed E-state index contributed by atoms with van der Waals surface area (Å²) in [4.78, 5) is 14.7. The Kier molecular flexibility index (Phi) is 4.68. The predicted molar refractivity (Wildman–Crippen MR) is 118 cm³/mol. The fourth-order valence-electron chi connectivity index (χ4n) is 3.38. The molecule has 0 saturated carbocycles. The van der Waals surface area contributed by atoms with E-state index in [0.717, 1.165) is 27.8 Å². The number of fused-ring (bicyclic) bond motifs is 3. The zero-order valence-corrected chi connectivity index (χ0v) is 17.3. The van der Waals surface area contributed by atoms with E-state index in [4.69, 9.17) is 4.84 Å². The molecule has 8 heteroatoms. The minimum Gasteiger partial charge on any atom is -0.268 e. The van der Waals surface area contributed by atoms with Crippen molar-refractivity contribution in [3.05, 3.63) is 90.1 Å². The molecule has 31 heavy (non-hydrogen) atoms. The zero-order valence-electron chi connectivity index (χ0n) is 17.3. The highest BCUT2D eigenvalue weighted by Crippen LogP contribution is 2.20. The van der Waals surface area contributed by atoms with Crippen molar-refractivity contribution in [2.24, 2.45) is 0 Å². The maximum Gasteiger partial charge on any atom is 0.180 e. The normalized spacial score (nSPS) is 11.3. The van der Waals surface area contributed by atoms with Crippen LogP contribution in [0.25, 0.3) is 28.1 Å². The first-order valence-corrected chi connectivity index (χ1v) is 9.87. The van der Waals surface area contributed by atoms with E-state index in [1.54, 1.807) is 21.7 Å². The van der Waals surface area contributed by atoms with Crippen molar-refractivity contribution in [3.8, 4) is 5.69 Å². The minimum atomic E-state index is 0.181. The van der Waals surface area contributed by atoms with Crippen LogP contribution in [0.1, 0.15) is 22.5 Å². The molecule has 0 unspecified atom stereocenters. The van der Waals surface area contributed by atoms with Crippen molar-refractivity contribution in [2.75, 3.05) is 0 Å².